The lowest BCUT2D eigenvalue weighted by Gasteiger charge is -2.34. The Bertz CT molecular complexity index is 947. The van der Waals surface area contributed by atoms with E-state index in [0.717, 1.165) is 28.3 Å². The number of hydrogen-bond donors (Lipinski definition) is 1. The van der Waals surface area contributed by atoms with Crippen LogP contribution in [0.5, 0.6) is 5.75 Å². The number of amides is 1. The third-order valence-electron chi connectivity index (χ3n) is 5.09. The van der Waals surface area contributed by atoms with Crippen molar-refractivity contribution in [2.45, 2.75) is 32.2 Å². The van der Waals surface area contributed by atoms with Crippen LogP contribution in [-0.2, 0) is 16.8 Å². The van der Waals surface area contributed by atoms with Gasteiger partial charge in [-0.1, -0.05) is 24.3 Å². The molecular formula is C20H21N3O2. The van der Waals surface area contributed by atoms with Crippen LogP contribution >= 0.6 is 0 Å². The topological polar surface area (TPSA) is 55.6 Å². The Balaban J connectivity index is 1.59. The van der Waals surface area contributed by atoms with Crippen molar-refractivity contribution in [2.75, 3.05) is 6.61 Å². The number of aryl methyl sites for hydroxylation is 1. The summed E-state index contributed by atoms with van der Waals surface area (Å²) >= 11 is 0. The van der Waals surface area contributed by atoms with Gasteiger partial charge in [-0.3, -0.25) is 4.79 Å². The summed E-state index contributed by atoms with van der Waals surface area (Å²) in [4.78, 5) is 17.6. The zero-order valence-electron chi connectivity index (χ0n) is 14.5. The summed E-state index contributed by atoms with van der Waals surface area (Å²) in [6.45, 7) is 4.97. The van der Waals surface area contributed by atoms with Gasteiger partial charge in [0.05, 0.1) is 30.0 Å². The summed E-state index contributed by atoms with van der Waals surface area (Å²) in [6.07, 6.45) is 2.64. The van der Waals surface area contributed by atoms with Gasteiger partial charge in [0.25, 0.3) is 0 Å². The van der Waals surface area contributed by atoms with Crippen LogP contribution in [0.25, 0.3) is 5.65 Å². The van der Waals surface area contributed by atoms with Gasteiger partial charge in [-0.15, -0.1) is 0 Å². The summed E-state index contributed by atoms with van der Waals surface area (Å²) in [5, 5.41) is 3.11. The monoisotopic (exact) mass is 335 g/mol. The Labute approximate surface area is 146 Å². The SMILES string of the molecule is Cc1nc2ccccn2c1CNC(=O)C1(C)CCOc2ccccc21. The van der Waals surface area contributed by atoms with Gasteiger partial charge in [0, 0.05) is 11.8 Å². The van der Waals surface area contributed by atoms with E-state index < -0.39 is 5.41 Å². The predicted octanol–water partition coefficient (Wildman–Crippen LogP) is 3.00. The van der Waals surface area contributed by atoms with Crippen LogP contribution in [-0.4, -0.2) is 21.9 Å². The molecule has 5 heteroatoms. The van der Waals surface area contributed by atoms with Crippen molar-refractivity contribution in [1.29, 1.82) is 0 Å². The lowest BCUT2D eigenvalue weighted by atomic mass is 9.77. The minimum atomic E-state index is -0.580. The lowest BCUT2D eigenvalue weighted by molar-refractivity contribution is -0.127. The van der Waals surface area contributed by atoms with Crippen LogP contribution in [0.4, 0.5) is 0 Å². The number of nitrogens with one attached hydrogen (secondary N) is 1. The number of nitrogens with zero attached hydrogens (tertiary/aromatic N) is 2. The first-order valence-electron chi connectivity index (χ1n) is 8.53. The number of hydrogen-bond acceptors (Lipinski definition) is 3. The first kappa shape index (κ1) is 15.7. The van der Waals surface area contributed by atoms with Crippen molar-refractivity contribution in [2.24, 2.45) is 0 Å². The largest absolute Gasteiger partial charge is 0.493 e. The van der Waals surface area contributed by atoms with Gasteiger partial charge in [0.15, 0.2) is 0 Å². The van der Waals surface area contributed by atoms with Crippen LogP contribution in [0.2, 0.25) is 0 Å². The number of para-hydroxylation sites is 1. The van der Waals surface area contributed by atoms with Gasteiger partial charge in [-0.2, -0.15) is 0 Å². The van der Waals surface area contributed by atoms with Crippen LogP contribution in [0.15, 0.2) is 48.7 Å². The van der Waals surface area contributed by atoms with E-state index in [0.29, 0.717) is 19.6 Å². The smallest absolute Gasteiger partial charge is 0.230 e. The first-order valence-corrected chi connectivity index (χ1v) is 8.53. The molecule has 1 unspecified atom stereocenters. The van der Waals surface area contributed by atoms with Crippen molar-refractivity contribution in [3.63, 3.8) is 0 Å². The Morgan fingerprint density at radius 2 is 2.08 bits per heavy atom. The van der Waals surface area contributed by atoms with E-state index >= 15 is 0 Å². The molecule has 1 N–H and O–H groups in total. The molecule has 4 rings (SSSR count). The standard InChI is InChI=1S/C20H21N3O2/c1-14-16(23-11-6-5-9-18(23)22-14)13-21-19(24)20(2)10-12-25-17-8-4-3-7-15(17)20/h3-9,11H,10,12-13H2,1-2H3,(H,21,24). The molecular weight excluding hydrogens is 314 g/mol. The van der Waals surface area contributed by atoms with Crippen molar-refractivity contribution >= 4 is 11.6 Å². The number of imidazole rings is 1. The number of pyridine rings is 1. The average Bonchev–Trinajstić information content (AvgIpc) is 2.95. The van der Waals surface area contributed by atoms with Crippen LogP contribution in [0, 0.1) is 6.92 Å². The minimum Gasteiger partial charge on any atom is -0.493 e. The molecule has 0 bridgehead atoms. The molecule has 1 atom stereocenters. The van der Waals surface area contributed by atoms with E-state index in [-0.39, 0.29) is 5.91 Å². The molecule has 3 aromatic rings. The highest BCUT2D eigenvalue weighted by Gasteiger charge is 2.39. The Hall–Kier alpha value is -2.82. The molecule has 2 aromatic heterocycles. The second-order valence-electron chi connectivity index (χ2n) is 6.68. The summed E-state index contributed by atoms with van der Waals surface area (Å²) in [5.74, 6) is 0.825. The zero-order valence-corrected chi connectivity index (χ0v) is 14.5. The highest BCUT2D eigenvalue weighted by molar-refractivity contribution is 5.88. The minimum absolute atomic E-state index is 0.0218. The fraction of sp³-hybridized carbons (Fsp3) is 0.300. The Kier molecular flexibility index (Phi) is 3.71. The number of carbonyl (C=O) groups is 1. The fourth-order valence-corrected chi connectivity index (χ4v) is 3.52. The van der Waals surface area contributed by atoms with Crippen molar-refractivity contribution in [3.05, 3.63) is 65.6 Å². The quantitative estimate of drug-likeness (QED) is 0.800. The summed E-state index contributed by atoms with van der Waals surface area (Å²) < 4.78 is 7.73. The van der Waals surface area contributed by atoms with E-state index in [1.807, 2.05) is 66.9 Å². The van der Waals surface area contributed by atoms with Crippen LogP contribution < -0.4 is 10.1 Å². The third kappa shape index (κ3) is 2.56. The Morgan fingerprint density at radius 3 is 2.96 bits per heavy atom. The average molecular weight is 335 g/mol. The number of fused-ring (bicyclic) bond motifs is 2. The molecule has 1 aromatic carbocycles. The van der Waals surface area contributed by atoms with E-state index in [2.05, 4.69) is 10.3 Å². The molecule has 128 valence electrons. The van der Waals surface area contributed by atoms with Crippen LogP contribution in [0.3, 0.4) is 0 Å². The number of rotatable bonds is 3. The van der Waals surface area contributed by atoms with Crippen molar-refractivity contribution < 1.29 is 9.53 Å². The predicted molar refractivity (Wildman–Crippen MR) is 95.7 cm³/mol. The maximum absolute atomic E-state index is 13.0. The molecule has 25 heavy (non-hydrogen) atoms. The van der Waals surface area contributed by atoms with E-state index in [1.54, 1.807) is 0 Å². The lowest BCUT2D eigenvalue weighted by Crippen LogP contribution is -2.45. The van der Waals surface area contributed by atoms with Gasteiger partial charge in [-0.25, -0.2) is 4.98 Å². The number of ether oxygens (including phenoxy) is 1. The molecule has 0 saturated heterocycles. The Morgan fingerprint density at radius 1 is 1.28 bits per heavy atom. The maximum Gasteiger partial charge on any atom is 0.230 e. The summed E-state index contributed by atoms with van der Waals surface area (Å²) in [7, 11) is 0. The van der Waals surface area contributed by atoms with Gasteiger partial charge in [-0.05, 0) is 38.5 Å². The summed E-state index contributed by atoms with van der Waals surface area (Å²) in [6, 6.07) is 13.7. The third-order valence-corrected chi connectivity index (χ3v) is 5.09. The van der Waals surface area contributed by atoms with Crippen LogP contribution in [0.1, 0.15) is 30.3 Å². The second-order valence-corrected chi connectivity index (χ2v) is 6.68. The highest BCUT2D eigenvalue weighted by Crippen LogP contribution is 2.38. The molecule has 0 fully saturated rings. The van der Waals surface area contributed by atoms with E-state index in [1.165, 1.54) is 0 Å². The first-order chi connectivity index (χ1) is 12.1. The second kappa shape index (κ2) is 5.92. The van der Waals surface area contributed by atoms with Crippen molar-refractivity contribution in [3.8, 4) is 5.75 Å². The molecule has 3 heterocycles. The van der Waals surface area contributed by atoms with Gasteiger partial charge >= 0.3 is 0 Å². The normalized spacial score (nSPS) is 19.3. The fourth-order valence-electron chi connectivity index (χ4n) is 3.52. The molecule has 1 aliphatic rings. The van der Waals surface area contributed by atoms with Gasteiger partial charge in [0.1, 0.15) is 11.4 Å². The van der Waals surface area contributed by atoms with Gasteiger partial charge < -0.3 is 14.5 Å². The summed E-state index contributed by atoms with van der Waals surface area (Å²) in [5.41, 5.74) is 3.21. The molecule has 1 amide bonds. The molecule has 0 spiro atoms. The number of aromatic nitrogens is 2. The molecule has 0 saturated carbocycles. The van der Waals surface area contributed by atoms with Gasteiger partial charge in [0.2, 0.25) is 5.91 Å². The number of benzene rings is 1. The number of carbonyl (C=O) groups excluding carboxylic acids is 1. The molecule has 1 aliphatic heterocycles. The highest BCUT2D eigenvalue weighted by atomic mass is 16.5. The maximum atomic E-state index is 13.0. The zero-order chi connectivity index (χ0) is 17.4. The molecule has 5 nitrogen and oxygen atoms in total. The van der Waals surface area contributed by atoms with E-state index in [4.69, 9.17) is 4.74 Å². The van der Waals surface area contributed by atoms with Crippen molar-refractivity contribution in [1.82, 2.24) is 14.7 Å². The molecule has 0 radical (unpaired) electrons. The molecule has 0 aliphatic carbocycles. The van der Waals surface area contributed by atoms with E-state index in [9.17, 15) is 4.79 Å².